The van der Waals surface area contributed by atoms with Gasteiger partial charge in [-0.3, -0.25) is 0 Å². The van der Waals surface area contributed by atoms with E-state index in [1.54, 1.807) is 0 Å². The van der Waals surface area contributed by atoms with Crippen molar-refractivity contribution >= 4 is 0 Å². The van der Waals surface area contributed by atoms with Crippen LogP contribution >= 0.6 is 0 Å². The van der Waals surface area contributed by atoms with Crippen molar-refractivity contribution in [2.45, 2.75) is 87.0 Å². The van der Waals surface area contributed by atoms with Crippen molar-refractivity contribution in [2.75, 3.05) is 0 Å². The van der Waals surface area contributed by atoms with E-state index in [1.807, 2.05) is 0 Å². The van der Waals surface area contributed by atoms with E-state index in [4.69, 9.17) is 0 Å². The molecule has 0 nitrogen and oxygen atoms in total. The molecule has 0 radical (unpaired) electrons. The van der Waals surface area contributed by atoms with Gasteiger partial charge in [-0.05, 0) is 47.8 Å². The molecule has 1 aliphatic rings. The van der Waals surface area contributed by atoms with E-state index >= 15 is 0 Å². The van der Waals surface area contributed by atoms with E-state index < -0.39 is 0 Å². The molecule has 0 spiro atoms. The summed E-state index contributed by atoms with van der Waals surface area (Å²) < 4.78 is 0. The lowest BCUT2D eigenvalue weighted by Crippen LogP contribution is -2.34. The Hall–Kier alpha value is 0. The Bertz CT molecular complexity index is 210. The maximum Gasteiger partial charge on any atom is -0.0287 e. The molecule has 0 unspecified atom stereocenters. The van der Waals surface area contributed by atoms with E-state index in [1.165, 1.54) is 38.5 Å². The molecule has 0 heterocycles. The lowest BCUT2D eigenvalue weighted by atomic mass is 9.59. The van der Waals surface area contributed by atoms with Crippen LogP contribution in [0.15, 0.2) is 0 Å². The smallest absolute Gasteiger partial charge is 0.0287 e. The van der Waals surface area contributed by atoms with E-state index in [2.05, 4.69) is 48.5 Å². The summed E-state index contributed by atoms with van der Waals surface area (Å²) in [4.78, 5) is 0. The second kappa shape index (κ2) is 4.94. The van der Waals surface area contributed by atoms with Gasteiger partial charge in [0.1, 0.15) is 0 Å². The molecule has 0 saturated heterocycles. The largest absolute Gasteiger partial charge is 0.0625 e. The third kappa shape index (κ3) is 5.44. The highest BCUT2D eigenvalue weighted by Gasteiger charge is 2.39. The molecule has 1 fully saturated rings. The van der Waals surface area contributed by atoms with Crippen LogP contribution in [0, 0.1) is 22.2 Å². The molecule has 0 aliphatic heterocycles. The van der Waals surface area contributed by atoms with Gasteiger partial charge in [0.05, 0.1) is 0 Å². The fraction of sp³-hybridized carbons (Fsp3) is 1.00. The topological polar surface area (TPSA) is 0 Å². The monoisotopic (exact) mass is 238 g/mol. The Morgan fingerprint density at radius 2 is 1.18 bits per heavy atom. The molecule has 1 rings (SSSR count). The third-order valence-corrected chi connectivity index (χ3v) is 4.15. The van der Waals surface area contributed by atoms with Crippen molar-refractivity contribution in [3.8, 4) is 0 Å². The summed E-state index contributed by atoms with van der Waals surface area (Å²) in [6.07, 6.45) is 8.64. The molecule has 1 saturated carbocycles. The molecule has 17 heavy (non-hydrogen) atoms. The minimum Gasteiger partial charge on any atom is -0.0625 e. The standard InChI is InChI=1S/C17H34/c1-14-8-10-17(11-9-14,12-15(2,3)4)13-16(5,6)7/h14H,8-13H2,1-7H3. The van der Waals surface area contributed by atoms with Crippen LogP contribution in [0.1, 0.15) is 87.0 Å². The van der Waals surface area contributed by atoms with Gasteiger partial charge in [0, 0.05) is 0 Å². The molecule has 0 N–H and O–H groups in total. The van der Waals surface area contributed by atoms with Gasteiger partial charge in [0.15, 0.2) is 0 Å². The maximum atomic E-state index is 2.43. The van der Waals surface area contributed by atoms with Crippen LogP contribution in [0.2, 0.25) is 0 Å². The fourth-order valence-electron chi connectivity index (χ4n) is 4.04. The molecular formula is C17H34. The van der Waals surface area contributed by atoms with Gasteiger partial charge in [0.25, 0.3) is 0 Å². The zero-order chi connectivity index (χ0) is 13.3. The molecule has 0 aromatic rings. The Kier molecular flexibility index (Phi) is 4.37. The van der Waals surface area contributed by atoms with Gasteiger partial charge in [-0.1, -0.05) is 61.3 Å². The molecule has 0 bridgehead atoms. The van der Waals surface area contributed by atoms with Gasteiger partial charge < -0.3 is 0 Å². The van der Waals surface area contributed by atoms with Crippen molar-refractivity contribution in [3.05, 3.63) is 0 Å². The normalized spacial score (nSPS) is 22.8. The van der Waals surface area contributed by atoms with Crippen molar-refractivity contribution in [3.63, 3.8) is 0 Å². The zero-order valence-corrected chi connectivity index (χ0v) is 13.3. The molecule has 0 aromatic carbocycles. The first-order valence-electron chi connectivity index (χ1n) is 7.52. The SMILES string of the molecule is CC1CCC(CC(C)(C)C)(CC(C)(C)C)CC1. The second-order valence-corrected chi connectivity index (χ2v) is 9.16. The first-order valence-corrected chi connectivity index (χ1v) is 7.52. The number of hydrogen-bond acceptors (Lipinski definition) is 0. The lowest BCUT2D eigenvalue weighted by Gasteiger charge is -2.46. The summed E-state index contributed by atoms with van der Waals surface area (Å²) >= 11 is 0. The van der Waals surface area contributed by atoms with Gasteiger partial charge in [0.2, 0.25) is 0 Å². The summed E-state index contributed by atoms with van der Waals surface area (Å²) in [6, 6.07) is 0. The summed E-state index contributed by atoms with van der Waals surface area (Å²) in [5.74, 6) is 0.961. The van der Waals surface area contributed by atoms with Crippen LogP contribution in [0.25, 0.3) is 0 Å². The predicted octanol–water partition coefficient (Wildman–Crippen LogP) is 6.06. The lowest BCUT2D eigenvalue weighted by molar-refractivity contribution is 0.0488. The minimum absolute atomic E-state index is 0.478. The number of hydrogen-bond donors (Lipinski definition) is 0. The highest BCUT2D eigenvalue weighted by atomic mass is 14.4. The molecule has 0 heteroatoms. The highest BCUT2D eigenvalue weighted by molar-refractivity contribution is 4.91. The summed E-state index contributed by atoms with van der Waals surface area (Å²) in [7, 11) is 0. The molecule has 102 valence electrons. The second-order valence-electron chi connectivity index (χ2n) is 9.16. The van der Waals surface area contributed by atoms with E-state index in [-0.39, 0.29) is 0 Å². The van der Waals surface area contributed by atoms with Gasteiger partial charge in [-0.15, -0.1) is 0 Å². The van der Waals surface area contributed by atoms with Crippen LogP contribution in [0.5, 0.6) is 0 Å². The Labute approximate surface area is 110 Å². The fourth-order valence-corrected chi connectivity index (χ4v) is 4.04. The quantitative estimate of drug-likeness (QED) is 0.549. The van der Waals surface area contributed by atoms with E-state index in [0.717, 1.165) is 5.92 Å². The summed E-state index contributed by atoms with van der Waals surface area (Å²) in [5, 5.41) is 0. The van der Waals surface area contributed by atoms with E-state index in [9.17, 15) is 0 Å². The van der Waals surface area contributed by atoms with Crippen LogP contribution in [0.3, 0.4) is 0 Å². The minimum atomic E-state index is 0.478. The molecule has 0 atom stereocenters. The molecule has 1 aliphatic carbocycles. The molecular weight excluding hydrogens is 204 g/mol. The Morgan fingerprint density at radius 1 is 0.824 bits per heavy atom. The average molecular weight is 238 g/mol. The Balaban J connectivity index is 2.78. The van der Waals surface area contributed by atoms with Crippen LogP contribution in [-0.2, 0) is 0 Å². The average Bonchev–Trinajstić information content (AvgIpc) is 2.04. The number of rotatable bonds is 2. The van der Waals surface area contributed by atoms with Crippen molar-refractivity contribution in [1.82, 2.24) is 0 Å². The molecule has 0 aromatic heterocycles. The molecule has 0 amide bonds. The maximum absolute atomic E-state index is 2.43. The van der Waals surface area contributed by atoms with Gasteiger partial charge >= 0.3 is 0 Å². The first kappa shape index (κ1) is 15.1. The van der Waals surface area contributed by atoms with E-state index in [0.29, 0.717) is 16.2 Å². The first-order chi connectivity index (χ1) is 7.52. The van der Waals surface area contributed by atoms with Crippen molar-refractivity contribution in [2.24, 2.45) is 22.2 Å². The predicted molar refractivity (Wildman–Crippen MR) is 78.2 cm³/mol. The third-order valence-electron chi connectivity index (χ3n) is 4.15. The van der Waals surface area contributed by atoms with Crippen LogP contribution in [0.4, 0.5) is 0 Å². The summed E-state index contributed by atoms with van der Waals surface area (Å²) in [6.45, 7) is 16.9. The highest BCUT2D eigenvalue weighted by Crippen LogP contribution is 2.51. The summed E-state index contributed by atoms with van der Waals surface area (Å²) in [5.41, 5.74) is 1.58. The van der Waals surface area contributed by atoms with Gasteiger partial charge in [-0.2, -0.15) is 0 Å². The van der Waals surface area contributed by atoms with Gasteiger partial charge in [-0.25, -0.2) is 0 Å². The zero-order valence-electron chi connectivity index (χ0n) is 13.3. The Morgan fingerprint density at radius 3 is 1.47 bits per heavy atom. The van der Waals surface area contributed by atoms with Crippen molar-refractivity contribution in [1.29, 1.82) is 0 Å². The van der Waals surface area contributed by atoms with Crippen LogP contribution in [-0.4, -0.2) is 0 Å². The van der Waals surface area contributed by atoms with Crippen molar-refractivity contribution < 1.29 is 0 Å². The van der Waals surface area contributed by atoms with Crippen LogP contribution < -0.4 is 0 Å².